The third kappa shape index (κ3) is 80.1. The standard InChI is InChI=1S/C87H170O17P2/c1-7-9-11-13-15-17-19-21-27-35-41-47-53-59-65-71-86(91)103-82(75-97-84(89)69-63-57-51-45-39-20-18-16-14-12-10-8-2)77-101-105(93,94)99-73-81(88)74-100-106(95,96)102-78-83(76-98-85(90)70-64-58-52-46-40-34-31-26-29-33-38-44-50-56-62-68-80(5)6)104-87(92)72-66-60-54-48-42-36-30-25-23-22-24-28-32-37-43-49-55-61-67-79(3)4/h79-83,88H,7-78H2,1-6H3,(H,93,94)(H,95,96)/t81-,82+,83+/m0/s1. The summed E-state index contributed by atoms with van der Waals surface area (Å²) < 4.78 is 69.0. The lowest BCUT2D eigenvalue weighted by atomic mass is 10.0. The normalized spacial score (nSPS) is 13.8. The Balaban J connectivity index is 5.25. The predicted molar refractivity (Wildman–Crippen MR) is 437 cm³/mol. The van der Waals surface area contributed by atoms with Crippen LogP contribution in [-0.2, 0) is 65.4 Å². The summed E-state index contributed by atoms with van der Waals surface area (Å²) in [5, 5.41) is 10.7. The van der Waals surface area contributed by atoms with Gasteiger partial charge in [-0.2, -0.15) is 0 Å². The molecule has 3 N–H and O–H groups in total. The molecule has 0 saturated heterocycles. The number of phosphoric acid groups is 2. The molecule has 0 aliphatic rings. The average Bonchev–Trinajstić information content (AvgIpc) is 0.898. The summed E-state index contributed by atoms with van der Waals surface area (Å²) in [6, 6.07) is 0. The minimum absolute atomic E-state index is 0.109. The molecule has 0 aromatic heterocycles. The van der Waals surface area contributed by atoms with E-state index >= 15 is 0 Å². The zero-order valence-electron chi connectivity index (χ0n) is 69.7. The highest BCUT2D eigenvalue weighted by molar-refractivity contribution is 7.47. The number of hydrogen-bond donors (Lipinski definition) is 3. The van der Waals surface area contributed by atoms with E-state index in [4.69, 9.17) is 37.0 Å². The Morgan fingerprint density at radius 2 is 0.434 bits per heavy atom. The van der Waals surface area contributed by atoms with Gasteiger partial charge in [0.2, 0.25) is 0 Å². The number of rotatable bonds is 86. The van der Waals surface area contributed by atoms with Crippen molar-refractivity contribution in [2.45, 2.75) is 484 Å². The van der Waals surface area contributed by atoms with Crippen LogP contribution in [0.15, 0.2) is 0 Å². The van der Waals surface area contributed by atoms with E-state index in [1.807, 2.05) is 0 Å². The van der Waals surface area contributed by atoms with Crippen molar-refractivity contribution < 1.29 is 80.2 Å². The molecule has 0 rings (SSSR count). The van der Waals surface area contributed by atoms with Crippen molar-refractivity contribution >= 4 is 39.5 Å². The Morgan fingerprint density at radius 1 is 0.255 bits per heavy atom. The van der Waals surface area contributed by atoms with Crippen LogP contribution in [0.25, 0.3) is 0 Å². The summed E-state index contributed by atoms with van der Waals surface area (Å²) in [7, 11) is -9.93. The van der Waals surface area contributed by atoms with Crippen LogP contribution in [0.1, 0.15) is 465 Å². The second-order valence-electron chi connectivity index (χ2n) is 32.2. The van der Waals surface area contributed by atoms with E-state index in [2.05, 4.69) is 41.5 Å². The van der Waals surface area contributed by atoms with Gasteiger partial charge in [0.05, 0.1) is 26.4 Å². The van der Waals surface area contributed by atoms with Gasteiger partial charge in [-0.25, -0.2) is 9.13 Å². The molecule has 0 amide bonds. The number of ether oxygens (including phenoxy) is 4. The van der Waals surface area contributed by atoms with E-state index in [1.165, 1.54) is 283 Å². The van der Waals surface area contributed by atoms with E-state index in [0.717, 1.165) is 102 Å². The largest absolute Gasteiger partial charge is 0.472 e. The minimum Gasteiger partial charge on any atom is -0.462 e. The summed E-state index contributed by atoms with van der Waals surface area (Å²) in [6.07, 6.45) is 70.7. The maximum absolute atomic E-state index is 13.2. The van der Waals surface area contributed by atoms with E-state index in [1.54, 1.807) is 0 Å². The zero-order chi connectivity index (χ0) is 77.8. The molecule has 0 aliphatic carbocycles. The third-order valence-corrected chi connectivity index (χ3v) is 22.4. The third-order valence-electron chi connectivity index (χ3n) is 20.5. The lowest BCUT2D eigenvalue weighted by molar-refractivity contribution is -0.161. The molecule has 0 fully saturated rings. The SMILES string of the molecule is CCCCCCCCCCCCCCCCCC(=O)O[C@H](COC(=O)CCCCCCCCCCCCCC)COP(=O)(O)OC[C@H](O)COP(=O)(O)OC[C@@H](COC(=O)CCCCCCCCCCCCCCCCCC(C)C)OC(=O)CCCCCCCCCCCCCCCCCCCCC(C)C. The zero-order valence-corrected chi connectivity index (χ0v) is 71.5. The topological polar surface area (TPSA) is 237 Å². The number of aliphatic hydroxyl groups excluding tert-OH is 1. The highest BCUT2D eigenvalue weighted by Crippen LogP contribution is 2.45. The molecular formula is C87H170O17P2. The predicted octanol–water partition coefficient (Wildman–Crippen LogP) is 26.6. The van der Waals surface area contributed by atoms with Crippen molar-refractivity contribution in [3.63, 3.8) is 0 Å². The molecule has 0 heterocycles. The summed E-state index contributed by atoms with van der Waals surface area (Å²) >= 11 is 0. The molecule has 0 radical (unpaired) electrons. The first kappa shape index (κ1) is 104. The maximum Gasteiger partial charge on any atom is 0.472 e. The maximum atomic E-state index is 13.2. The molecule has 0 bridgehead atoms. The van der Waals surface area contributed by atoms with Crippen LogP contribution >= 0.6 is 15.6 Å². The molecule has 17 nitrogen and oxygen atoms in total. The van der Waals surface area contributed by atoms with Crippen molar-refractivity contribution in [1.29, 1.82) is 0 Å². The van der Waals surface area contributed by atoms with Gasteiger partial charge in [-0.3, -0.25) is 37.3 Å². The Labute approximate surface area is 651 Å². The molecule has 0 aromatic carbocycles. The first-order valence-electron chi connectivity index (χ1n) is 45.0. The number of hydrogen-bond acceptors (Lipinski definition) is 15. The summed E-state index contributed by atoms with van der Waals surface area (Å²) in [5.41, 5.74) is 0. The summed E-state index contributed by atoms with van der Waals surface area (Å²) in [5.74, 6) is -0.471. The van der Waals surface area contributed by atoms with Crippen molar-refractivity contribution in [1.82, 2.24) is 0 Å². The Morgan fingerprint density at radius 3 is 0.642 bits per heavy atom. The van der Waals surface area contributed by atoms with E-state index in [-0.39, 0.29) is 25.7 Å². The molecule has 2 unspecified atom stereocenters. The molecule has 0 spiro atoms. The number of esters is 4. The minimum atomic E-state index is -4.97. The van der Waals surface area contributed by atoms with Crippen LogP contribution in [0.5, 0.6) is 0 Å². The van der Waals surface area contributed by atoms with Gasteiger partial charge in [0.1, 0.15) is 19.3 Å². The quantitative estimate of drug-likeness (QED) is 0.0222. The van der Waals surface area contributed by atoms with Crippen molar-refractivity contribution in [3.05, 3.63) is 0 Å². The van der Waals surface area contributed by atoms with Crippen LogP contribution in [0.2, 0.25) is 0 Å². The van der Waals surface area contributed by atoms with Crippen LogP contribution in [0.3, 0.4) is 0 Å². The van der Waals surface area contributed by atoms with Gasteiger partial charge in [0.25, 0.3) is 0 Å². The van der Waals surface area contributed by atoms with Gasteiger partial charge in [-0.1, -0.05) is 414 Å². The first-order valence-corrected chi connectivity index (χ1v) is 48.0. The van der Waals surface area contributed by atoms with Gasteiger partial charge in [0, 0.05) is 25.7 Å². The first-order chi connectivity index (χ1) is 51.4. The fourth-order valence-electron chi connectivity index (χ4n) is 13.6. The smallest absolute Gasteiger partial charge is 0.462 e. The Bertz CT molecular complexity index is 2030. The molecule has 5 atom stereocenters. The van der Waals surface area contributed by atoms with Gasteiger partial charge in [-0.15, -0.1) is 0 Å². The fraction of sp³-hybridized carbons (Fsp3) is 0.954. The van der Waals surface area contributed by atoms with Crippen LogP contribution in [0, 0.1) is 11.8 Å². The van der Waals surface area contributed by atoms with E-state index < -0.39 is 97.5 Å². The van der Waals surface area contributed by atoms with Gasteiger partial charge in [0.15, 0.2) is 12.2 Å². The summed E-state index contributed by atoms with van der Waals surface area (Å²) in [4.78, 5) is 73.3. The van der Waals surface area contributed by atoms with Crippen LogP contribution < -0.4 is 0 Å². The molecule has 0 aliphatic heterocycles. The highest BCUT2D eigenvalue weighted by Gasteiger charge is 2.30. The number of aliphatic hydroxyl groups is 1. The Hall–Kier alpha value is -1.94. The molecule has 19 heteroatoms. The lowest BCUT2D eigenvalue weighted by Gasteiger charge is -2.21. The molecule has 0 saturated carbocycles. The van der Waals surface area contributed by atoms with Gasteiger partial charge < -0.3 is 33.8 Å². The lowest BCUT2D eigenvalue weighted by Crippen LogP contribution is -2.30. The summed E-state index contributed by atoms with van der Waals surface area (Å²) in [6.45, 7) is 9.75. The van der Waals surface area contributed by atoms with Gasteiger partial charge in [-0.05, 0) is 37.5 Å². The average molecular weight is 1550 g/mol. The highest BCUT2D eigenvalue weighted by atomic mass is 31.2. The van der Waals surface area contributed by atoms with Crippen molar-refractivity contribution in [3.8, 4) is 0 Å². The second kappa shape index (κ2) is 78.3. The van der Waals surface area contributed by atoms with Crippen molar-refractivity contribution in [2.75, 3.05) is 39.6 Å². The molecule has 106 heavy (non-hydrogen) atoms. The number of carbonyl (C=O) groups is 4. The number of unbranched alkanes of at least 4 members (excludes halogenated alkanes) is 56. The Kier molecular flexibility index (Phi) is 76.9. The van der Waals surface area contributed by atoms with Crippen molar-refractivity contribution in [2.24, 2.45) is 11.8 Å². The fourth-order valence-corrected chi connectivity index (χ4v) is 15.2. The monoisotopic (exact) mass is 1550 g/mol. The number of phosphoric ester groups is 2. The molecular weight excluding hydrogens is 1380 g/mol. The van der Waals surface area contributed by atoms with Crippen LogP contribution in [0.4, 0.5) is 0 Å². The number of carbonyl (C=O) groups excluding carboxylic acids is 4. The van der Waals surface area contributed by atoms with Gasteiger partial charge >= 0.3 is 39.5 Å². The van der Waals surface area contributed by atoms with Crippen LogP contribution in [-0.4, -0.2) is 96.7 Å². The molecule has 630 valence electrons. The van der Waals surface area contributed by atoms with E-state index in [0.29, 0.717) is 25.7 Å². The van der Waals surface area contributed by atoms with E-state index in [9.17, 15) is 43.2 Å². The second-order valence-corrected chi connectivity index (χ2v) is 35.1. The molecule has 0 aromatic rings.